The van der Waals surface area contributed by atoms with E-state index in [9.17, 15) is 18.0 Å². The number of fused-ring (bicyclic) bond motifs is 1. The van der Waals surface area contributed by atoms with Crippen LogP contribution in [0.15, 0.2) is 82.1 Å². The first kappa shape index (κ1) is 25.2. The number of nitrogens with one attached hydrogen (secondary N) is 1. The van der Waals surface area contributed by atoms with Gasteiger partial charge in [-0.05, 0) is 67.3 Å². The van der Waals surface area contributed by atoms with Crippen LogP contribution in [0, 0.1) is 6.92 Å². The monoisotopic (exact) mass is 505 g/mol. The molecule has 0 spiro atoms. The fraction of sp³-hybridized carbons (Fsp3) is 0.214. The molecule has 7 nitrogen and oxygen atoms in total. The van der Waals surface area contributed by atoms with Crippen molar-refractivity contribution >= 4 is 38.4 Å². The molecule has 4 rings (SSSR count). The highest BCUT2D eigenvalue weighted by Crippen LogP contribution is 2.22. The lowest BCUT2D eigenvalue weighted by Gasteiger charge is -2.12. The fourth-order valence-electron chi connectivity index (χ4n) is 3.72. The summed E-state index contributed by atoms with van der Waals surface area (Å²) in [5.74, 6) is -1.21. The number of carbonyl (C=O) groups excluding carboxylic acids is 2. The molecule has 0 aliphatic rings. The number of furan rings is 1. The molecular formula is C28H27NO6S. The predicted octanol–water partition coefficient (Wildman–Crippen LogP) is 5.92. The van der Waals surface area contributed by atoms with E-state index in [0.29, 0.717) is 16.8 Å². The van der Waals surface area contributed by atoms with Crippen LogP contribution < -0.4 is 4.72 Å². The SMILES string of the molecule is CCCCc1ccc(NS(=O)(=O)c2ccc(C)c(C(=O)OCC(=O)c3cc4ccccc4o3)c2)cc1. The van der Waals surface area contributed by atoms with Crippen molar-refractivity contribution in [1.82, 2.24) is 0 Å². The van der Waals surface area contributed by atoms with Crippen molar-refractivity contribution in [3.63, 3.8) is 0 Å². The molecular weight excluding hydrogens is 478 g/mol. The lowest BCUT2D eigenvalue weighted by atomic mass is 10.1. The smallest absolute Gasteiger partial charge is 0.338 e. The molecule has 36 heavy (non-hydrogen) atoms. The summed E-state index contributed by atoms with van der Waals surface area (Å²) in [6.45, 7) is 3.25. The number of rotatable bonds is 10. The zero-order valence-electron chi connectivity index (χ0n) is 20.1. The highest BCUT2D eigenvalue weighted by atomic mass is 32.2. The van der Waals surface area contributed by atoms with E-state index in [1.54, 1.807) is 37.3 Å². The first-order valence-corrected chi connectivity index (χ1v) is 13.2. The number of hydrogen-bond donors (Lipinski definition) is 1. The van der Waals surface area contributed by atoms with E-state index in [0.717, 1.165) is 30.2 Å². The number of hydrogen-bond acceptors (Lipinski definition) is 6. The summed E-state index contributed by atoms with van der Waals surface area (Å²) in [6.07, 6.45) is 3.09. The van der Waals surface area contributed by atoms with Gasteiger partial charge in [0.25, 0.3) is 10.0 Å². The van der Waals surface area contributed by atoms with Gasteiger partial charge in [0, 0.05) is 11.1 Å². The number of ketones is 1. The zero-order valence-corrected chi connectivity index (χ0v) is 20.9. The molecule has 1 heterocycles. The van der Waals surface area contributed by atoms with Crippen LogP contribution >= 0.6 is 0 Å². The third-order valence-electron chi connectivity index (χ3n) is 5.80. The Kier molecular flexibility index (Phi) is 7.55. The number of ether oxygens (including phenoxy) is 1. The first-order chi connectivity index (χ1) is 17.3. The minimum atomic E-state index is -3.94. The number of sulfonamides is 1. The number of unbranched alkanes of at least 4 members (excludes halogenated alkanes) is 1. The third kappa shape index (κ3) is 5.83. The maximum atomic E-state index is 13.0. The number of Topliss-reactive ketones (excluding diaryl/α,β-unsaturated/α-hetero) is 1. The van der Waals surface area contributed by atoms with Gasteiger partial charge in [-0.15, -0.1) is 0 Å². The molecule has 0 aliphatic carbocycles. The van der Waals surface area contributed by atoms with Gasteiger partial charge >= 0.3 is 5.97 Å². The van der Waals surface area contributed by atoms with Crippen LogP contribution in [0.3, 0.4) is 0 Å². The van der Waals surface area contributed by atoms with Crippen molar-refractivity contribution in [2.75, 3.05) is 11.3 Å². The maximum Gasteiger partial charge on any atom is 0.338 e. The molecule has 0 bridgehead atoms. The summed E-state index contributed by atoms with van der Waals surface area (Å²) in [6, 6.07) is 20.2. The van der Waals surface area contributed by atoms with Crippen LogP contribution in [0.4, 0.5) is 5.69 Å². The number of carbonyl (C=O) groups is 2. The normalized spacial score (nSPS) is 11.4. The predicted molar refractivity (Wildman–Crippen MR) is 138 cm³/mol. The summed E-state index contributed by atoms with van der Waals surface area (Å²) in [5.41, 5.74) is 2.71. The molecule has 0 aliphatic heterocycles. The van der Waals surface area contributed by atoms with Gasteiger partial charge in [0.1, 0.15) is 5.58 Å². The average molecular weight is 506 g/mol. The second kappa shape index (κ2) is 10.8. The number of esters is 1. The van der Waals surface area contributed by atoms with Crippen LogP contribution in [0.5, 0.6) is 0 Å². The van der Waals surface area contributed by atoms with Crippen molar-refractivity contribution in [3.8, 4) is 0 Å². The highest BCUT2D eigenvalue weighted by molar-refractivity contribution is 7.92. The van der Waals surface area contributed by atoms with Crippen molar-refractivity contribution in [2.24, 2.45) is 0 Å². The van der Waals surface area contributed by atoms with Crippen molar-refractivity contribution in [2.45, 2.75) is 38.0 Å². The van der Waals surface area contributed by atoms with Gasteiger partial charge in [-0.25, -0.2) is 13.2 Å². The summed E-state index contributed by atoms with van der Waals surface area (Å²) < 4.78 is 39.1. The Hall–Kier alpha value is -3.91. The van der Waals surface area contributed by atoms with E-state index in [1.165, 1.54) is 18.2 Å². The van der Waals surface area contributed by atoms with E-state index in [2.05, 4.69) is 11.6 Å². The molecule has 0 saturated carbocycles. The van der Waals surface area contributed by atoms with Crippen molar-refractivity contribution in [1.29, 1.82) is 0 Å². The molecule has 1 aromatic heterocycles. The number of benzene rings is 3. The topological polar surface area (TPSA) is 103 Å². The summed E-state index contributed by atoms with van der Waals surface area (Å²) in [7, 11) is -3.94. The van der Waals surface area contributed by atoms with Crippen LogP contribution in [0.2, 0.25) is 0 Å². The largest absolute Gasteiger partial charge is 0.454 e. The molecule has 186 valence electrons. The van der Waals surface area contributed by atoms with Gasteiger partial charge in [0.15, 0.2) is 12.4 Å². The van der Waals surface area contributed by atoms with E-state index in [1.807, 2.05) is 24.3 Å². The molecule has 0 radical (unpaired) electrons. The molecule has 0 atom stereocenters. The van der Waals surface area contributed by atoms with Gasteiger partial charge < -0.3 is 9.15 Å². The van der Waals surface area contributed by atoms with E-state index in [4.69, 9.17) is 9.15 Å². The number of para-hydroxylation sites is 1. The van der Waals surface area contributed by atoms with E-state index in [-0.39, 0.29) is 16.2 Å². The van der Waals surface area contributed by atoms with Crippen molar-refractivity contribution in [3.05, 3.63) is 95.2 Å². The number of anilines is 1. The van der Waals surface area contributed by atoms with Gasteiger partial charge in [-0.2, -0.15) is 0 Å². The van der Waals surface area contributed by atoms with Crippen LogP contribution in [0.25, 0.3) is 11.0 Å². The van der Waals surface area contributed by atoms with E-state index < -0.39 is 28.4 Å². The lowest BCUT2D eigenvalue weighted by molar-refractivity contribution is 0.0467. The molecule has 0 fully saturated rings. The first-order valence-electron chi connectivity index (χ1n) is 11.7. The minimum Gasteiger partial charge on any atom is -0.454 e. The highest BCUT2D eigenvalue weighted by Gasteiger charge is 2.21. The summed E-state index contributed by atoms with van der Waals surface area (Å²) >= 11 is 0. The standard InChI is InChI=1S/C28H27NO6S/c1-3-4-7-20-11-13-22(14-12-20)29-36(32,33)23-15-10-19(2)24(17-23)28(31)34-18-25(30)27-16-21-8-5-6-9-26(21)35-27/h5-6,8-17,29H,3-4,7,18H2,1-2H3. The Morgan fingerprint density at radius 2 is 1.72 bits per heavy atom. The molecule has 0 unspecified atom stereocenters. The third-order valence-corrected chi connectivity index (χ3v) is 7.18. The van der Waals surface area contributed by atoms with Crippen LogP contribution in [0.1, 0.15) is 51.8 Å². The van der Waals surface area contributed by atoms with Gasteiger partial charge in [0.05, 0.1) is 10.5 Å². The van der Waals surface area contributed by atoms with Gasteiger partial charge in [-0.1, -0.05) is 49.7 Å². The summed E-state index contributed by atoms with van der Waals surface area (Å²) in [5, 5.41) is 0.768. The molecule has 8 heteroatoms. The second-order valence-electron chi connectivity index (χ2n) is 8.53. The molecule has 1 N–H and O–H groups in total. The van der Waals surface area contributed by atoms with Gasteiger partial charge in [-0.3, -0.25) is 9.52 Å². The minimum absolute atomic E-state index is 0.0604. The van der Waals surface area contributed by atoms with Crippen molar-refractivity contribution < 1.29 is 27.2 Å². The zero-order chi connectivity index (χ0) is 25.7. The Morgan fingerprint density at radius 1 is 0.972 bits per heavy atom. The second-order valence-corrected chi connectivity index (χ2v) is 10.2. The maximum absolute atomic E-state index is 13.0. The molecule has 3 aromatic carbocycles. The molecule has 0 amide bonds. The average Bonchev–Trinajstić information content (AvgIpc) is 3.31. The Balaban J connectivity index is 1.44. The quantitative estimate of drug-likeness (QED) is 0.212. The van der Waals surface area contributed by atoms with Gasteiger partial charge in [0.2, 0.25) is 5.78 Å². The van der Waals surface area contributed by atoms with Crippen LogP contribution in [-0.4, -0.2) is 26.8 Å². The summed E-state index contributed by atoms with van der Waals surface area (Å²) in [4.78, 5) is 25.1. The number of aryl methyl sites for hydroxylation is 2. The van der Waals surface area contributed by atoms with Crippen LogP contribution in [-0.2, 0) is 21.2 Å². The molecule has 0 saturated heterocycles. The Bertz CT molecular complexity index is 1470. The fourth-order valence-corrected chi connectivity index (χ4v) is 4.81. The Morgan fingerprint density at radius 3 is 2.44 bits per heavy atom. The Labute approximate surface area is 210 Å². The van der Waals surface area contributed by atoms with E-state index >= 15 is 0 Å². The lowest BCUT2D eigenvalue weighted by Crippen LogP contribution is -2.17. The molecule has 4 aromatic rings.